The van der Waals surface area contributed by atoms with Crippen LogP contribution in [0.15, 0.2) is 65.6 Å². The second-order valence-corrected chi connectivity index (χ2v) is 10.0. The van der Waals surface area contributed by atoms with E-state index in [0.29, 0.717) is 22.7 Å². The first-order chi connectivity index (χ1) is 16.2. The first-order valence-electron chi connectivity index (χ1n) is 10.8. The van der Waals surface area contributed by atoms with Crippen molar-refractivity contribution in [2.75, 3.05) is 19.1 Å². The van der Waals surface area contributed by atoms with Crippen LogP contribution in [0.4, 0.5) is 5.69 Å². The number of amides is 1. The highest BCUT2D eigenvalue weighted by molar-refractivity contribution is 7.10. The zero-order chi connectivity index (χ0) is 24.6. The van der Waals surface area contributed by atoms with Gasteiger partial charge in [0.05, 0.1) is 25.5 Å². The number of ether oxygens (including phenoxy) is 2. The summed E-state index contributed by atoms with van der Waals surface area (Å²) in [5, 5.41) is 13.3. The summed E-state index contributed by atoms with van der Waals surface area (Å²) >= 11 is 1.41. The lowest BCUT2D eigenvalue weighted by molar-refractivity contribution is -0.132. The van der Waals surface area contributed by atoms with Gasteiger partial charge in [-0.2, -0.15) is 0 Å². The van der Waals surface area contributed by atoms with E-state index >= 15 is 0 Å². The Kier molecular flexibility index (Phi) is 6.23. The number of nitrogens with zero attached hydrogens (tertiary/aromatic N) is 1. The van der Waals surface area contributed by atoms with E-state index in [1.807, 2.05) is 44.4 Å². The van der Waals surface area contributed by atoms with Crippen molar-refractivity contribution in [2.24, 2.45) is 0 Å². The van der Waals surface area contributed by atoms with Crippen molar-refractivity contribution >= 4 is 34.5 Å². The van der Waals surface area contributed by atoms with Crippen LogP contribution < -0.4 is 14.4 Å². The SMILES string of the molecule is COc1ccccc1N1C(=O)C(=O)/C(=C(\O)c2ccc(OC)c(C(C)(C)C)c2)C1c1cccs1. The largest absolute Gasteiger partial charge is 0.507 e. The molecule has 176 valence electrons. The zero-order valence-corrected chi connectivity index (χ0v) is 20.6. The van der Waals surface area contributed by atoms with Gasteiger partial charge in [0.15, 0.2) is 0 Å². The molecule has 1 aliphatic heterocycles. The summed E-state index contributed by atoms with van der Waals surface area (Å²) in [6.07, 6.45) is 0. The quantitative estimate of drug-likeness (QED) is 0.290. The van der Waals surface area contributed by atoms with Crippen LogP contribution in [0.1, 0.15) is 42.8 Å². The number of carbonyl (C=O) groups is 2. The van der Waals surface area contributed by atoms with E-state index in [1.165, 1.54) is 23.3 Å². The normalized spacial score (nSPS) is 17.8. The molecule has 0 saturated carbocycles. The van der Waals surface area contributed by atoms with Gasteiger partial charge >= 0.3 is 0 Å². The molecule has 1 saturated heterocycles. The molecule has 3 aromatic rings. The van der Waals surface area contributed by atoms with Gasteiger partial charge in [-0.15, -0.1) is 11.3 Å². The Morgan fingerprint density at radius 2 is 1.68 bits per heavy atom. The molecular weight excluding hydrogens is 450 g/mol. The summed E-state index contributed by atoms with van der Waals surface area (Å²) in [5.74, 6) is -0.523. The number of benzene rings is 2. The summed E-state index contributed by atoms with van der Waals surface area (Å²) in [4.78, 5) is 28.8. The van der Waals surface area contributed by atoms with Gasteiger partial charge in [-0.25, -0.2) is 0 Å². The number of rotatable bonds is 5. The topological polar surface area (TPSA) is 76.1 Å². The molecule has 1 atom stereocenters. The van der Waals surface area contributed by atoms with E-state index in [9.17, 15) is 14.7 Å². The number of aliphatic hydroxyl groups excluding tert-OH is 1. The molecule has 0 aliphatic carbocycles. The number of aliphatic hydroxyl groups is 1. The van der Waals surface area contributed by atoms with E-state index in [1.54, 1.807) is 43.5 Å². The number of hydrogen-bond acceptors (Lipinski definition) is 6. The van der Waals surface area contributed by atoms with Crippen LogP contribution in [0.5, 0.6) is 11.5 Å². The van der Waals surface area contributed by atoms with E-state index < -0.39 is 17.7 Å². The fourth-order valence-electron chi connectivity index (χ4n) is 4.22. The maximum absolute atomic E-state index is 13.3. The number of carbonyl (C=O) groups excluding carboxylic acids is 2. The monoisotopic (exact) mass is 477 g/mol. The lowest BCUT2D eigenvalue weighted by atomic mass is 9.84. The molecule has 1 aromatic heterocycles. The van der Waals surface area contributed by atoms with Crippen molar-refractivity contribution in [1.82, 2.24) is 0 Å². The molecular formula is C27H27NO5S. The Hall–Kier alpha value is -3.58. The molecule has 7 heteroatoms. The van der Waals surface area contributed by atoms with Crippen LogP contribution in [0.25, 0.3) is 5.76 Å². The smallest absolute Gasteiger partial charge is 0.300 e. The van der Waals surface area contributed by atoms with Gasteiger partial charge in [0.25, 0.3) is 11.7 Å². The summed E-state index contributed by atoms with van der Waals surface area (Å²) in [6, 6.07) is 15.3. The zero-order valence-electron chi connectivity index (χ0n) is 19.8. The maximum Gasteiger partial charge on any atom is 0.300 e. The van der Waals surface area contributed by atoms with Gasteiger partial charge < -0.3 is 14.6 Å². The van der Waals surface area contributed by atoms with Gasteiger partial charge in [-0.3, -0.25) is 14.5 Å². The highest BCUT2D eigenvalue weighted by Crippen LogP contribution is 2.46. The molecule has 2 heterocycles. The third-order valence-corrected chi connectivity index (χ3v) is 6.81. The molecule has 1 N–H and O–H groups in total. The van der Waals surface area contributed by atoms with Gasteiger partial charge in [-0.1, -0.05) is 39.0 Å². The van der Waals surface area contributed by atoms with E-state index in [4.69, 9.17) is 9.47 Å². The molecule has 4 rings (SSSR count). The number of para-hydroxylation sites is 2. The van der Waals surface area contributed by atoms with Crippen LogP contribution in [0, 0.1) is 0 Å². The molecule has 34 heavy (non-hydrogen) atoms. The van der Waals surface area contributed by atoms with Crippen molar-refractivity contribution in [3.8, 4) is 11.5 Å². The van der Waals surface area contributed by atoms with Crippen LogP contribution in [-0.2, 0) is 15.0 Å². The predicted octanol–water partition coefficient (Wildman–Crippen LogP) is 5.69. The second kappa shape index (κ2) is 8.99. The Morgan fingerprint density at radius 1 is 0.971 bits per heavy atom. The minimum atomic E-state index is -0.781. The summed E-state index contributed by atoms with van der Waals surface area (Å²) < 4.78 is 11.0. The third-order valence-electron chi connectivity index (χ3n) is 5.88. The first-order valence-corrected chi connectivity index (χ1v) is 11.7. The number of thiophene rings is 1. The minimum absolute atomic E-state index is 0.0448. The predicted molar refractivity (Wildman–Crippen MR) is 134 cm³/mol. The van der Waals surface area contributed by atoms with Crippen LogP contribution >= 0.6 is 11.3 Å². The van der Waals surface area contributed by atoms with Gasteiger partial charge in [0, 0.05) is 16.0 Å². The lowest BCUT2D eigenvalue weighted by Gasteiger charge is -2.26. The molecule has 6 nitrogen and oxygen atoms in total. The standard InChI is InChI=1S/C27H27NO5S/c1-27(2,3)17-15-16(12-13-19(17)32-4)24(29)22-23(21-11-8-14-34-21)28(26(31)25(22)30)18-9-6-7-10-20(18)33-5/h6-15,23,29H,1-5H3/b24-22-. The second-order valence-electron chi connectivity index (χ2n) is 9.02. The summed E-state index contributed by atoms with van der Waals surface area (Å²) in [6.45, 7) is 6.13. The van der Waals surface area contributed by atoms with Crippen LogP contribution in [0.2, 0.25) is 0 Å². The number of ketones is 1. The molecule has 1 aliphatic rings. The number of Topliss-reactive ketones (excluding diaryl/α,β-unsaturated/α-hetero) is 1. The Morgan fingerprint density at radius 3 is 2.29 bits per heavy atom. The van der Waals surface area contributed by atoms with Crippen molar-refractivity contribution in [3.05, 3.63) is 81.6 Å². The number of methoxy groups -OCH3 is 2. The van der Waals surface area contributed by atoms with E-state index in [2.05, 4.69) is 0 Å². The molecule has 2 aromatic carbocycles. The Balaban J connectivity index is 1.95. The maximum atomic E-state index is 13.3. The molecule has 0 spiro atoms. The van der Waals surface area contributed by atoms with Gasteiger partial charge in [0.1, 0.15) is 23.3 Å². The van der Waals surface area contributed by atoms with E-state index in [0.717, 1.165) is 10.4 Å². The van der Waals surface area contributed by atoms with Gasteiger partial charge in [-0.05, 0) is 47.2 Å². The summed E-state index contributed by atoms with van der Waals surface area (Å²) in [7, 11) is 3.11. The molecule has 0 radical (unpaired) electrons. The number of anilines is 1. The van der Waals surface area contributed by atoms with Crippen molar-refractivity contribution in [3.63, 3.8) is 0 Å². The van der Waals surface area contributed by atoms with Crippen molar-refractivity contribution < 1.29 is 24.2 Å². The van der Waals surface area contributed by atoms with Crippen molar-refractivity contribution in [2.45, 2.75) is 32.2 Å². The molecule has 1 unspecified atom stereocenters. The van der Waals surface area contributed by atoms with Crippen molar-refractivity contribution in [1.29, 1.82) is 0 Å². The molecule has 0 bridgehead atoms. The van der Waals surface area contributed by atoms with E-state index in [-0.39, 0.29) is 16.7 Å². The third kappa shape index (κ3) is 3.96. The Labute approximate surface area is 203 Å². The average Bonchev–Trinajstić information content (AvgIpc) is 3.44. The molecule has 1 amide bonds. The Bertz CT molecular complexity index is 1270. The minimum Gasteiger partial charge on any atom is -0.507 e. The highest BCUT2D eigenvalue weighted by Gasteiger charge is 2.48. The lowest BCUT2D eigenvalue weighted by Crippen LogP contribution is -2.29. The van der Waals surface area contributed by atoms with Crippen LogP contribution in [-0.4, -0.2) is 31.0 Å². The fourth-order valence-corrected chi connectivity index (χ4v) is 5.05. The van der Waals surface area contributed by atoms with Crippen LogP contribution in [0.3, 0.4) is 0 Å². The van der Waals surface area contributed by atoms with Gasteiger partial charge in [0.2, 0.25) is 0 Å². The summed E-state index contributed by atoms with van der Waals surface area (Å²) in [5.41, 5.74) is 1.58. The highest BCUT2D eigenvalue weighted by atomic mass is 32.1. The average molecular weight is 478 g/mol. The molecule has 1 fully saturated rings. The first kappa shape index (κ1) is 23.6. The number of hydrogen-bond donors (Lipinski definition) is 1. The fraction of sp³-hybridized carbons (Fsp3) is 0.259.